The van der Waals surface area contributed by atoms with Crippen LogP contribution >= 0.6 is 0 Å². The SMILES string of the molecule is C=C(NNC(=O)c1ccc(CN2CCc3ccccc3C2)cc1)c1ccc(NC(=O)c2ccccc2)cc1. The lowest BCUT2D eigenvalue weighted by atomic mass is 9.99. The molecule has 190 valence electrons. The molecular formula is C32H30N4O2. The van der Waals surface area contributed by atoms with E-state index in [-0.39, 0.29) is 11.8 Å². The van der Waals surface area contributed by atoms with E-state index in [4.69, 9.17) is 0 Å². The fourth-order valence-electron chi connectivity index (χ4n) is 4.53. The normalized spacial score (nSPS) is 12.7. The van der Waals surface area contributed by atoms with Crippen LogP contribution in [0.15, 0.2) is 110 Å². The highest BCUT2D eigenvalue weighted by Crippen LogP contribution is 2.20. The Bertz CT molecular complexity index is 1430. The summed E-state index contributed by atoms with van der Waals surface area (Å²) in [5.74, 6) is -0.411. The summed E-state index contributed by atoms with van der Waals surface area (Å²) in [6, 6.07) is 32.6. The molecule has 5 rings (SSSR count). The van der Waals surface area contributed by atoms with E-state index in [0.29, 0.717) is 22.5 Å². The number of hydrogen-bond donors (Lipinski definition) is 3. The van der Waals surface area contributed by atoms with Gasteiger partial charge in [-0.15, -0.1) is 0 Å². The number of nitrogens with one attached hydrogen (secondary N) is 3. The monoisotopic (exact) mass is 502 g/mol. The summed E-state index contributed by atoms with van der Waals surface area (Å²) in [4.78, 5) is 27.4. The number of anilines is 1. The first-order valence-corrected chi connectivity index (χ1v) is 12.7. The highest BCUT2D eigenvalue weighted by atomic mass is 16.2. The minimum absolute atomic E-state index is 0.171. The van der Waals surface area contributed by atoms with Crippen molar-refractivity contribution in [2.45, 2.75) is 19.5 Å². The van der Waals surface area contributed by atoms with Crippen molar-refractivity contribution in [3.63, 3.8) is 0 Å². The Balaban J connectivity index is 1.10. The molecule has 0 radical (unpaired) electrons. The van der Waals surface area contributed by atoms with Crippen LogP contribution < -0.4 is 16.2 Å². The average molecular weight is 503 g/mol. The molecule has 2 amide bonds. The summed E-state index contributed by atoms with van der Waals surface area (Å²) >= 11 is 0. The molecule has 0 saturated heterocycles. The van der Waals surface area contributed by atoms with Crippen molar-refractivity contribution in [1.82, 2.24) is 15.8 Å². The molecule has 0 fully saturated rings. The fraction of sp³-hybridized carbons (Fsp3) is 0.125. The van der Waals surface area contributed by atoms with Gasteiger partial charge in [0.1, 0.15) is 0 Å². The molecule has 0 aromatic heterocycles. The molecular weight excluding hydrogens is 472 g/mol. The molecule has 1 aliphatic rings. The molecule has 1 aliphatic heterocycles. The van der Waals surface area contributed by atoms with E-state index in [0.717, 1.165) is 31.6 Å². The standard InChI is InChI=1S/C32H30N4O2/c1-23(25-15-17-30(18-16-25)33-31(37)27-8-3-2-4-9-27)34-35-32(38)28-13-11-24(12-14-28)21-36-20-19-26-7-5-6-10-29(26)22-36/h2-18,34H,1,19-22H2,(H,33,37)(H,35,38). The minimum Gasteiger partial charge on any atom is -0.322 e. The Labute approximate surface area is 223 Å². The van der Waals surface area contributed by atoms with E-state index < -0.39 is 0 Å². The van der Waals surface area contributed by atoms with Gasteiger partial charge in [0.15, 0.2) is 0 Å². The van der Waals surface area contributed by atoms with Crippen molar-refractivity contribution in [2.75, 3.05) is 11.9 Å². The third kappa shape index (κ3) is 6.17. The molecule has 0 aliphatic carbocycles. The van der Waals surface area contributed by atoms with Crippen LogP contribution in [0.5, 0.6) is 0 Å². The summed E-state index contributed by atoms with van der Waals surface area (Å²) in [7, 11) is 0. The Morgan fingerprint density at radius 2 is 1.32 bits per heavy atom. The first-order valence-electron chi connectivity index (χ1n) is 12.7. The van der Waals surface area contributed by atoms with Gasteiger partial charge < -0.3 is 5.32 Å². The Hall–Kier alpha value is -4.68. The zero-order valence-corrected chi connectivity index (χ0v) is 21.1. The van der Waals surface area contributed by atoms with Crippen molar-refractivity contribution in [3.8, 4) is 0 Å². The molecule has 0 saturated carbocycles. The summed E-state index contributed by atoms with van der Waals surface area (Å²) in [5, 5.41) is 2.87. The predicted molar refractivity (Wildman–Crippen MR) is 151 cm³/mol. The van der Waals surface area contributed by atoms with Gasteiger partial charge in [0.25, 0.3) is 11.8 Å². The van der Waals surface area contributed by atoms with Gasteiger partial charge >= 0.3 is 0 Å². The van der Waals surface area contributed by atoms with Gasteiger partial charge in [-0.05, 0) is 65.1 Å². The molecule has 0 bridgehead atoms. The molecule has 3 N–H and O–H groups in total. The number of rotatable bonds is 8. The van der Waals surface area contributed by atoms with Gasteiger partial charge in [-0.3, -0.25) is 25.3 Å². The van der Waals surface area contributed by atoms with Crippen LogP contribution in [0, 0.1) is 0 Å². The van der Waals surface area contributed by atoms with Crippen LogP contribution in [-0.4, -0.2) is 23.3 Å². The number of hydrazine groups is 1. The fourth-order valence-corrected chi connectivity index (χ4v) is 4.53. The maximum atomic E-state index is 12.7. The molecule has 38 heavy (non-hydrogen) atoms. The highest BCUT2D eigenvalue weighted by molar-refractivity contribution is 6.04. The lowest BCUT2D eigenvalue weighted by Crippen LogP contribution is -2.35. The second-order valence-corrected chi connectivity index (χ2v) is 9.38. The first kappa shape index (κ1) is 25.0. The number of carbonyl (C=O) groups is 2. The molecule has 6 heteroatoms. The lowest BCUT2D eigenvalue weighted by molar-refractivity contribution is 0.0941. The van der Waals surface area contributed by atoms with Gasteiger partial charge in [0.05, 0.1) is 5.70 Å². The van der Waals surface area contributed by atoms with Crippen molar-refractivity contribution in [3.05, 3.63) is 143 Å². The second-order valence-electron chi connectivity index (χ2n) is 9.38. The number of amides is 2. The maximum Gasteiger partial charge on any atom is 0.269 e. The van der Waals surface area contributed by atoms with Gasteiger partial charge in [-0.2, -0.15) is 0 Å². The number of nitrogens with zero attached hydrogens (tertiary/aromatic N) is 1. The van der Waals surface area contributed by atoms with Crippen LogP contribution in [-0.2, 0) is 19.5 Å². The topological polar surface area (TPSA) is 73.5 Å². The van der Waals surface area contributed by atoms with E-state index in [9.17, 15) is 9.59 Å². The number of hydrogen-bond acceptors (Lipinski definition) is 4. The van der Waals surface area contributed by atoms with Crippen LogP contribution in [0.1, 0.15) is 43.0 Å². The molecule has 4 aromatic rings. The van der Waals surface area contributed by atoms with E-state index in [1.807, 2.05) is 54.6 Å². The first-order chi connectivity index (χ1) is 18.5. The summed E-state index contributed by atoms with van der Waals surface area (Å²) in [6.07, 6.45) is 1.07. The molecule has 4 aromatic carbocycles. The summed E-state index contributed by atoms with van der Waals surface area (Å²) in [6.45, 7) is 6.84. The molecule has 6 nitrogen and oxygen atoms in total. The summed E-state index contributed by atoms with van der Waals surface area (Å²) in [5.41, 5.74) is 12.8. The third-order valence-electron chi connectivity index (χ3n) is 6.69. The van der Waals surface area contributed by atoms with E-state index in [2.05, 4.69) is 51.9 Å². The number of carbonyl (C=O) groups excluding carboxylic acids is 2. The Morgan fingerprint density at radius 3 is 2.05 bits per heavy atom. The smallest absolute Gasteiger partial charge is 0.269 e. The highest BCUT2D eigenvalue weighted by Gasteiger charge is 2.16. The van der Waals surface area contributed by atoms with Crippen molar-refractivity contribution in [2.24, 2.45) is 0 Å². The Kier molecular flexibility index (Phi) is 7.62. The van der Waals surface area contributed by atoms with E-state index in [1.165, 1.54) is 16.7 Å². The van der Waals surface area contributed by atoms with Crippen LogP contribution in [0.3, 0.4) is 0 Å². The molecule has 0 atom stereocenters. The van der Waals surface area contributed by atoms with Crippen molar-refractivity contribution < 1.29 is 9.59 Å². The minimum atomic E-state index is -0.239. The van der Waals surface area contributed by atoms with Gasteiger partial charge in [0.2, 0.25) is 0 Å². The second kappa shape index (κ2) is 11.6. The maximum absolute atomic E-state index is 12.7. The quantitative estimate of drug-likeness (QED) is 0.282. The molecule has 1 heterocycles. The van der Waals surface area contributed by atoms with Crippen LogP contribution in [0.25, 0.3) is 5.70 Å². The Morgan fingerprint density at radius 1 is 0.684 bits per heavy atom. The third-order valence-corrected chi connectivity index (χ3v) is 6.69. The van der Waals surface area contributed by atoms with Gasteiger partial charge in [-0.25, -0.2) is 0 Å². The largest absolute Gasteiger partial charge is 0.322 e. The van der Waals surface area contributed by atoms with Crippen molar-refractivity contribution >= 4 is 23.2 Å². The van der Waals surface area contributed by atoms with Crippen molar-refractivity contribution in [1.29, 1.82) is 0 Å². The zero-order valence-electron chi connectivity index (χ0n) is 21.1. The molecule has 0 unspecified atom stereocenters. The van der Waals surface area contributed by atoms with Crippen LogP contribution in [0.4, 0.5) is 5.69 Å². The van der Waals surface area contributed by atoms with E-state index in [1.54, 1.807) is 24.3 Å². The van der Waals surface area contributed by atoms with Gasteiger partial charge in [-0.1, -0.05) is 73.3 Å². The van der Waals surface area contributed by atoms with Crippen LogP contribution in [0.2, 0.25) is 0 Å². The average Bonchev–Trinajstić information content (AvgIpc) is 2.97. The summed E-state index contributed by atoms with van der Waals surface area (Å²) < 4.78 is 0. The van der Waals surface area contributed by atoms with Gasteiger partial charge in [0, 0.05) is 36.4 Å². The number of fused-ring (bicyclic) bond motifs is 1. The molecule has 0 spiro atoms. The predicted octanol–water partition coefficient (Wildman–Crippen LogP) is 5.40. The lowest BCUT2D eigenvalue weighted by Gasteiger charge is -2.28. The van der Waals surface area contributed by atoms with E-state index >= 15 is 0 Å². The number of benzene rings is 4. The zero-order chi connectivity index (χ0) is 26.3.